The molecule has 0 spiro atoms. The van der Waals surface area contributed by atoms with Gasteiger partial charge in [-0.1, -0.05) is 109 Å². The van der Waals surface area contributed by atoms with Gasteiger partial charge >= 0.3 is 0 Å². The predicted molar refractivity (Wildman–Crippen MR) is 211 cm³/mol. The minimum absolute atomic E-state index is 0.0340. The van der Waals surface area contributed by atoms with E-state index in [1.807, 2.05) is 47.4 Å². The molecule has 0 fully saturated rings. The normalized spacial score (nSPS) is 13.4. The summed E-state index contributed by atoms with van der Waals surface area (Å²) < 4.78 is 17.1. The summed E-state index contributed by atoms with van der Waals surface area (Å²) in [6, 6.07) is 60.0. The van der Waals surface area contributed by atoms with Crippen molar-refractivity contribution in [2.45, 2.75) is 32.1 Å². The lowest BCUT2D eigenvalue weighted by Gasteiger charge is -2.36. The molecule has 1 aromatic heterocycles. The van der Waals surface area contributed by atoms with Gasteiger partial charge in [0.15, 0.2) is 0 Å². The maximum Gasteiger partial charge on any atom is 0.275 e. The number of fused-ring (bicyclic) bond motifs is 3. The van der Waals surface area contributed by atoms with E-state index in [9.17, 15) is 4.39 Å². The highest BCUT2D eigenvalue weighted by Gasteiger charge is 2.55. The number of nitrogens with zero attached hydrogens (tertiary/aromatic N) is 2. The van der Waals surface area contributed by atoms with Crippen molar-refractivity contribution in [1.29, 1.82) is 0 Å². The molecule has 1 amide bonds. The van der Waals surface area contributed by atoms with Crippen LogP contribution in [0.1, 0.15) is 52.9 Å². The van der Waals surface area contributed by atoms with Gasteiger partial charge < -0.3 is 9.47 Å². The minimum Gasteiger partial charge on any atom is -0.334 e. The van der Waals surface area contributed by atoms with E-state index in [0.717, 1.165) is 33.6 Å². The molecule has 0 saturated carbocycles. The summed E-state index contributed by atoms with van der Waals surface area (Å²) in [6.07, 6.45) is 0. The first-order chi connectivity index (χ1) is 25.0. The van der Waals surface area contributed by atoms with Crippen LogP contribution in [0.3, 0.4) is 0 Å². The Hall–Kier alpha value is -5.57. The van der Waals surface area contributed by atoms with Gasteiger partial charge in [-0.2, -0.15) is 0 Å². The Labute approximate surface area is 300 Å². The number of carbonyl (C=O) groups is 1. The second-order valence-corrected chi connectivity index (χ2v) is 16.9. The Morgan fingerprint density at radius 1 is 0.588 bits per heavy atom. The van der Waals surface area contributed by atoms with E-state index in [1.54, 1.807) is 12.1 Å². The van der Waals surface area contributed by atoms with Crippen molar-refractivity contribution in [2.75, 3.05) is 4.90 Å². The van der Waals surface area contributed by atoms with E-state index in [1.165, 1.54) is 15.9 Å². The van der Waals surface area contributed by atoms with Crippen molar-refractivity contribution >= 4 is 34.8 Å². The van der Waals surface area contributed by atoms with Crippen molar-refractivity contribution < 1.29 is 9.18 Å². The maximum absolute atomic E-state index is 15.2. The molecule has 7 aromatic rings. The van der Waals surface area contributed by atoms with Crippen LogP contribution >= 0.6 is 7.26 Å². The lowest BCUT2D eigenvalue weighted by molar-refractivity contribution is 0.0976. The monoisotopic (exact) mass is 685 g/mol. The molecule has 0 saturated heterocycles. The van der Waals surface area contributed by atoms with Crippen LogP contribution in [0.15, 0.2) is 176 Å². The van der Waals surface area contributed by atoms with E-state index in [2.05, 4.69) is 140 Å². The molecule has 0 bridgehead atoms. The van der Waals surface area contributed by atoms with Crippen LogP contribution in [0.5, 0.6) is 0 Å². The molecular weight excluding hydrogens is 646 g/mol. The van der Waals surface area contributed by atoms with Crippen LogP contribution in [0, 0.1) is 5.82 Å². The summed E-state index contributed by atoms with van der Waals surface area (Å²) in [6.45, 7) is 4.80. The number of hydrogen-bond donors (Lipinski definition) is 0. The number of amides is 1. The fraction of sp³-hybridized carbons (Fsp3) is 0.109. The number of anilines is 1. The summed E-state index contributed by atoms with van der Waals surface area (Å²) in [4.78, 5) is 17.1. The third kappa shape index (κ3) is 5.61. The van der Waals surface area contributed by atoms with Gasteiger partial charge in [-0.15, -0.1) is 0 Å². The highest BCUT2D eigenvalue weighted by Crippen LogP contribution is 2.69. The summed E-state index contributed by atoms with van der Waals surface area (Å²) in [5, 5.41) is 3.63. The fourth-order valence-electron chi connectivity index (χ4n) is 7.96. The number of rotatable bonds is 8. The Morgan fingerprint density at radius 3 is 1.61 bits per heavy atom. The first-order valence-electron chi connectivity index (χ1n) is 17.5. The minimum atomic E-state index is -2.65. The summed E-state index contributed by atoms with van der Waals surface area (Å²) in [7, 11) is -2.65. The molecule has 250 valence electrons. The molecule has 3 nitrogen and oxygen atoms in total. The van der Waals surface area contributed by atoms with Crippen LogP contribution in [0.25, 0.3) is 11.1 Å². The standard InChI is InChI=1S/C46H39FN2OP/c1-33(2)49-43(31-42-41-26-16-15-17-35(41)32-48(46(50)44(42)49)37-18-7-3-8-19-37)45(34-27-29-36(47)30-28-34)51(38-20-9-4-10-21-38,39-22-11-5-12-23-39)40-24-13-6-14-25-40/h3-31,33,45H,32H2,1-2H3/q+1. The van der Waals surface area contributed by atoms with Gasteiger partial charge in [0.2, 0.25) is 0 Å². The average Bonchev–Trinajstić information content (AvgIpc) is 3.53. The van der Waals surface area contributed by atoms with Crippen LogP contribution in [-0.2, 0) is 6.54 Å². The molecule has 8 rings (SSSR count). The van der Waals surface area contributed by atoms with Crippen molar-refractivity contribution in [2.24, 2.45) is 0 Å². The van der Waals surface area contributed by atoms with Crippen molar-refractivity contribution in [1.82, 2.24) is 4.57 Å². The quantitative estimate of drug-likeness (QED) is 0.146. The van der Waals surface area contributed by atoms with Gasteiger partial charge in [-0.05, 0) is 97.3 Å². The lowest BCUT2D eigenvalue weighted by atomic mass is 10.00. The molecule has 0 N–H and O–H groups in total. The number of para-hydroxylation sites is 1. The highest BCUT2D eigenvalue weighted by atomic mass is 31.2. The van der Waals surface area contributed by atoms with E-state index in [-0.39, 0.29) is 23.4 Å². The summed E-state index contributed by atoms with van der Waals surface area (Å²) >= 11 is 0. The Balaban J connectivity index is 1.53. The van der Waals surface area contributed by atoms with Crippen molar-refractivity contribution in [3.63, 3.8) is 0 Å². The Morgan fingerprint density at radius 2 is 1.08 bits per heavy atom. The third-order valence-electron chi connectivity index (χ3n) is 10.1. The first kappa shape index (κ1) is 32.6. The average molecular weight is 686 g/mol. The maximum atomic E-state index is 15.2. The molecule has 6 aromatic carbocycles. The molecular formula is C46H39FN2OP+. The number of benzene rings is 6. The first-order valence-corrected chi connectivity index (χ1v) is 19.4. The van der Waals surface area contributed by atoms with E-state index in [0.29, 0.717) is 12.2 Å². The van der Waals surface area contributed by atoms with E-state index >= 15 is 4.79 Å². The summed E-state index contributed by atoms with van der Waals surface area (Å²) in [5.41, 5.74) is 6.37. The molecule has 0 aliphatic carbocycles. The van der Waals surface area contributed by atoms with Gasteiger partial charge in [-0.3, -0.25) is 4.79 Å². The van der Waals surface area contributed by atoms with Gasteiger partial charge in [-0.25, -0.2) is 4.39 Å². The molecule has 1 unspecified atom stereocenters. The molecule has 51 heavy (non-hydrogen) atoms. The van der Waals surface area contributed by atoms with E-state index < -0.39 is 7.26 Å². The molecule has 1 atom stereocenters. The highest BCUT2D eigenvalue weighted by molar-refractivity contribution is 7.96. The topological polar surface area (TPSA) is 25.2 Å². The zero-order valence-corrected chi connectivity index (χ0v) is 29.6. The van der Waals surface area contributed by atoms with Crippen molar-refractivity contribution in [3.05, 3.63) is 204 Å². The zero-order chi connectivity index (χ0) is 35.0. The van der Waals surface area contributed by atoms with Gasteiger partial charge in [0.25, 0.3) is 5.91 Å². The van der Waals surface area contributed by atoms with Crippen LogP contribution in [0.2, 0.25) is 0 Å². The van der Waals surface area contributed by atoms with E-state index in [4.69, 9.17) is 0 Å². The molecule has 0 radical (unpaired) electrons. The molecule has 1 aliphatic rings. The molecule has 5 heteroatoms. The molecule has 1 aliphatic heterocycles. The predicted octanol–water partition coefficient (Wildman–Crippen LogP) is 10.1. The summed E-state index contributed by atoms with van der Waals surface area (Å²) in [5.74, 6) is -0.313. The third-order valence-corrected chi connectivity index (χ3v) is 14.8. The smallest absolute Gasteiger partial charge is 0.275 e. The van der Waals surface area contributed by atoms with Gasteiger partial charge in [0.05, 0.1) is 12.2 Å². The van der Waals surface area contributed by atoms with Crippen LogP contribution in [-0.4, -0.2) is 10.5 Å². The number of halogens is 1. The second-order valence-electron chi connectivity index (χ2n) is 13.4. The van der Waals surface area contributed by atoms with Crippen LogP contribution < -0.4 is 20.8 Å². The van der Waals surface area contributed by atoms with Gasteiger partial charge in [0.1, 0.15) is 40.3 Å². The van der Waals surface area contributed by atoms with Crippen molar-refractivity contribution in [3.8, 4) is 11.1 Å². The van der Waals surface area contributed by atoms with Crippen LogP contribution in [0.4, 0.5) is 10.1 Å². The second kappa shape index (κ2) is 13.6. The zero-order valence-electron chi connectivity index (χ0n) is 28.7. The Bertz CT molecular complexity index is 2190. The fourth-order valence-corrected chi connectivity index (χ4v) is 12.9. The largest absolute Gasteiger partial charge is 0.334 e. The lowest BCUT2D eigenvalue weighted by Crippen LogP contribution is -2.37. The molecule has 2 heterocycles. The SMILES string of the molecule is CC(C)n1c(C(c2ccc(F)cc2)[P+](c2ccccc2)(c2ccccc2)c2ccccc2)cc2c1C(=O)N(c1ccccc1)Cc1ccccc1-2. The van der Waals surface area contributed by atoms with Gasteiger partial charge in [0, 0.05) is 17.3 Å². The number of hydrogen-bond acceptors (Lipinski definition) is 1. The number of aromatic nitrogens is 1. The number of carbonyl (C=O) groups excluding carboxylic acids is 1. The Kier molecular flexibility index (Phi) is 8.71.